The van der Waals surface area contributed by atoms with Gasteiger partial charge in [-0.2, -0.15) is 5.26 Å². The summed E-state index contributed by atoms with van der Waals surface area (Å²) in [5.41, 5.74) is 8.09. The third-order valence-corrected chi connectivity index (χ3v) is 13.9. The van der Waals surface area contributed by atoms with Gasteiger partial charge in [0, 0.05) is 28.7 Å². The van der Waals surface area contributed by atoms with Crippen LogP contribution in [0.4, 0.5) is 17.1 Å². The highest BCUT2D eigenvalue weighted by molar-refractivity contribution is 7.21. The zero-order chi connectivity index (χ0) is 30.9. The topological polar surface area (TPSA) is 39.9 Å². The number of rotatable bonds is 5. The van der Waals surface area contributed by atoms with Crippen LogP contribution in [0.2, 0.25) is 0 Å². The molecule has 0 spiro atoms. The van der Waals surface area contributed by atoms with Gasteiger partial charge in [0.2, 0.25) is 0 Å². The van der Waals surface area contributed by atoms with Crippen LogP contribution in [0.3, 0.4) is 0 Å². The van der Waals surface area contributed by atoms with E-state index in [4.69, 9.17) is 0 Å². The summed E-state index contributed by atoms with van der Waals surface area (Å²) in [4.78, 5) is 7.04. The number of hydrogen-bond donors (Lipinski definition) is 0. The van der Waals surface area contributed by atoms with Crippen molar-refractivity contribution in [2.24, 2.45) is 0 Å². The van der Waals surface area contributed by atoms with Crippen LogP contribution in [0.1, 0.15) is 5.56 Å². The molecule has 1 aliphatic rings. The SMILES string of the molecule is N#Cc1ccnc(-c2cccc(-c3ccccc3N3c4ccccc4[Si](c4ccccc4)(c4ccccc4)c4ccccc43)c2)c1. The first-order valence-electron chi connectivity index (χ1n) is 15.5. The van der Waals surface area contributed by atoms with Gasteiger partial charge in [-0.15, -0.1) is 0 Å². The molecule has 0 radical (unpaired) electrons. The number of aromatic nitrogens is 1. The van der Waals surface area contributed by atoms with Gasteiger partial charge < -0.3 is 4.90 Å². The molecule has 0 fully saturated rings. The van der Waals surface area contributed by atoms with E-state index in [0.29, 0.717) is 5.56 Å². The normalized spacial score (nSPS) is 12.9. The van der Waals surface area contributed by atoms with E-state index < -0.39 is 8.07 Å². The first kappa shape index (κ1) is 27.5. The Kier molecular flexibility index (Phi) is 6.87. The van der Waals surface area contributed by atoms with E-state index in [1.54, 1.807) is 12.3 Å². The Morgan fingerprint density at radius 1 is 0.500 bits per heavy atom. The van der Waals surface area contributed by atoms with Crippen molar-refractivity contribution in [1.82, 2.24) is 4.98 Å². The molecule has 216 valence electrons. The van der Waals surface area contributed by atoms with Crippen molar-refractivity contribution in [3.05, 3.63) is 182 Å². The maximum absolute atomic E-state index is 9.48. The van der Waals surface area contributed by atoms with Crippen molar-refractivity contribution in [3.8, 4) is 28.5 Å². The second-order valence-corrected chi connectivity index (χ2v) is 15.2. The molecule has 8 rings (SSSR count). The highest BCUT2D eigenvalue weighted by atomic mass is 28.3. The molecule has 2 heterocycles. The zero-order valence-corrected chi connectivity index (χ0v) is 26.1. The number of nitriles is 1. The van der Waals surface area contributed by atoms with Crippen LogP contribution in [0, 0.1) is 11.3 Å². The predicted molar refractivity (Wildman–Crippen MR) is 192 cm³/mol. The number of pyridine rings is 1. The fourth-order valence-corrected chi connectivity index (χ4v) is 12.2. The smallest absolute Gasteiger partial charge is 0.184 e. The number of para-hydroxylation sites is 3. The van der Waals surface area contributed by atoms with Crippen LogP contribution >= 0.6 is 0 Å². The highest BCUT2D eigenvalue weighted by Gasteiger charge is 2.48. The molecule has 0 N–H and O–H groups in total. The molecule has 7 aromatic rings. The van der Waals surface area contributed by atoms with Crippen LogP contribution in [0.25, 0.3) is 22.4 Å². The molecule has 0 aliphatic carbocycles. The van der Waals surface area contributed by atoms with Gasteiger partial charge in [0.15, 0.2) is 8.07 Å². The third-order valence-electron chi connectivity index (χ3n) is 9.01. The van der Waals surface area contributed by atoms with Gasteiger partial charge in [0.25, 0.3) is 0 Å². The summed E-state index contributed by atoms with van der Waals surface area (Å²) in [6.07, 6.45) is 1.70. The summed E-state index contributed by atoms with van der Waals surface area (Å²) in [7, 11) is -2.69. The van der Waals surface area contributed by atoms with Crippen LogP contribution in [-0.2, 0) is 0 Å². The first-order valence-corrected chi connectivity index (χ1v) is 17.5. The fourth-order valence-electron chi connectivity index (χ4n) is 7.09. The molecule has 1 aromatic heterocycles. The summed E-state index contributed by atoms with van der Waals surface area (Å²) in [5.74, 6) is 0. The van der Waals surface area contributed by atoms with Crippen LogP contribution < -0.4 is 25.6 Å². The van der Waals surface area contributed by atoms with E-state index >= 15 is 0 Å². The maximum atomic E-state index is 9.48. The van der Waals surface area contributed by atoms with Gasteiger partial charge in [0.1, 0.15) is 0 Å². The van der Waals surface area contributed by atoms with Crippen molar-refractivity contribution in [2.45, 2.75) is 0 Å². The number of benzene rings is 6. The Bertz CT molecular complexity index is 2150. The van der Waals surface area contributed by atoms with E-state index in [-0.39, 0.29) is 0 Å². The highest BCUT2D eigenvalue weighted by Crippen LogP contribution is 2.43. The molecule has 0 saturated carbocycles. The second-order valence-electron chi connectivity index (χ2n) is 11.5. The van der Waals surface area contributed by atoms with E-state index in [1.807, 2.05) is 6.07 Å². The average molecular weight is 604 g/mol. The van der Waals surface area contributed by atoms with Gasteiger partial charge in [-0.25, -0.2) is 0 Å². The lowest BCUT2D eigenvalue weighted by atomic mass is 9.98. The lowest BCUT2D eigenvalue weighted by Crippen LogP contribution is -2.77. The van der Waals surface area contributed by atoms with E-state index in [0.717, 1.165) is 28.1 Å². The molecule has 0 saturated heterocycles. The Morgan fingerprint density at radius 2 is 1.04 bits per heavy atom. The molecule has 0 atom stereocenters. The van der Waals surface area contributed by atoms with Crippen LogP contribution in [0.15, 0.2) is 176 Å². The lowest BCUT2D eigenvalue weighted by molar-refractivity contribution is 1.29. The molecule has 0 bridgehead atoms. The first-order chi connectivity index (χ1) is 22.8. The monoisotopic (exact) mass is 603 g/mol. The molecule has 46 heavy (non-hydrogen) atoms. The number of fused-ring (bicyclic) bond motifs is 2. The van der Waals surface area contributed by atoms with Gasteiger partial charge in [-0.3, -0.25) is 4.98 Å². The number of anilines is 3. The fraction of sp³-hybridized carbons (Fsp3) is 0. The van der Waals surface area contributed by atoms with Crippen molar-refractivity contribution in [3.63, 3.8) is 0 Å². The Morgan fingerprint density at radius 3 is 1.67 bits per heavy atom. The zero-order valence-electron chi connectivity index (χ0n) is 25.1. The third kappa shape index (κ3) is 4.37. The minimum Gasteiger partial charge on any atom is -0.310 e. The second kappa shape index (κ2) is 11.5. The van der Waals surface area contributed by atoms with Gasteiger partial charge in [-0.05, 0) is 62.7 Å². The molecule has 0 unspecified atom stereocenters. The standard InChI is InChI=1S/C42H29N3Si/c43-30-31-26-27-44-37(28-31)33-15-13-14-32(29-33)36-20-7-8-21-38(36)45-39-22-9-11-24-41(39)46(34-16-3-1-4-17-34,35-18-5-2-6-19-35)42-25-12-10-23-40(42)45/h1-29H. The van der Waals surface area contributed by atoms with E-state index in [2.05, 4.69) is 174 Å². The van der Waals surface area contributed by atoms with Gasteiger partial charge in [0.05, 0.1) is 23.0 Å². The van der Waals surface area contributed by atoms with E-state index in [9.17, 15) is 5.26 Å². The summed E-state index contributed by atoms with van der Waals surface area (Å²) < 4.78 is 0. The average Bonchev–Trinajstić information content (AvgIpc) is 3.14. The number of hydrogen-bond acceptors (Lipinski definition) is 3. The van der Waals surface area contributed by atoms with Crippen molar-refractivity contribution < 1.29 is 0 Å². The minimum atomic E-state index is -2.69. The largest absolute Gasteiger partial charge is 0.310 e. The Hall–Kier alpha value is -6.02. The molecule has 1 aliphatic heterocycles. The minimum absolute atomic E-state index is 0.599. The summed E-state index contributed by atoms with van der Waals surface area (Å²) in [6.45, 7) is 0. The molecule has 4 heteroatoms. The molecular formula is C42H29N3Si. The number of nitrogens with zero attached hydrogens (tertiary/aromatic N) is 3. The molecular weight excluding hydrogens is 575 g/mol. The van der Waals surface area contributed by atoms with Crippen LogP contribution in [-0.4, -0.2) is 13.1 Å². The summed E-state index contributed by atoms with van der Waals surface area (Å²) >= 11 is 0. The lowest BCUT2D eigenvalue weighted by Gasteiger charge is -2.45. The van der Waals surface area contributed by atoms with Crippen molar-refractivity contribution in [2.75, 3.05) is 4.90 Å². The molecule has 6 aromatic carbocycles. The summed E-state index contributed by atoms with van der Waals surface area (Å²) in [6, 6.07) is 63.1. The van der Waals surface area contributed by atoms with Gasteiger partial charge >= 0.3 is 0 Å². The van der Waals surface area contributed by atoms with Gasteiger partial charge in [-0.1, -0.05) is 133 Å². The molecule has 3 nitrogen and oxygen atoms in total. The van der Waals surface area contributed by atoms with Crippen LogP contribution in [0.5, 0.6) is 0 Å². The summed E-state index contributed by atoms with van der Waals surface area (Å²) in [5, 5.41) is 15.0. The molecule has 0 amide bonds. The Labute approximate surface area is 270 Å². The predicted octanol–water partition coefficient (Wildman–Crippen LogP) is 7.45. The van der Waals surface area contributed by atoms with Crippen molar-refractivity contribution >= 4 is 45.9 Å². The van der Waals surface area contributed by atoms with Crippen molar-refractivity contribution in [1.29, 1.82) is 5.26 Å². The van der Waals surface area contributed by atoms with E-state index in [1.165, 1.54) is 32.1 Å². The maximum Gasteiger partial charge on any atom is 0.184 e. The quantitative estimate of drug-likeness (QED) is 0.192. The Balaban J connectivity index is 1.38.